The molecule has 1 aliphatic heterocycles. The van der Waals surface area contributed by atoms with Crippen LogP contribution in [0.25, 0.3) is 0 Å². The van der Waals surface area contributed by atoms with Crippen LogP contribution in [0.3, 0.4) is 0 Å². The summed E-state index contributed by atoms with van der Waals surface area (Å²) in [4.78, 5) is 12.1. The fourth-order valence-electron chi connectivity index (χ4n) is 3.48. The van der Waals surface area contributed by atoms with E-state index >= 15 is 0 Å². The molecule has 0 saturated carbocycles. The quantitative estimate of drug-likeness (QED) is 0.236. The molecular weight excluding hydrogens is 489 g/mol. The number of ether oxygens (including phenoxy) is 1. The Hall–Kier alpha value is -3.54. The zero-order valence-corrected chi connectivity index (χ0v) is 21.3. The second-order valence-corrected chi connectivity index (χ2v) is 9.44. The van der Waals surface area contributed by atoms with Crippen molar-refractivity contribution in [1.82, 2.24) is 0 Å². The van der Waals surface area contributed by atoms with E-state index in [0.29, 0.717) is 4.73 Å². The van der Waals surface area contributed by atoms with Crippen molar-refractivity contribution in [2.24, 2.45) is 20.2 Å². The minimum atomic E-state index is -0.152. The summed E-state index contributed by atoms with van der Waals surface area (Å²) in [6.45, 7) is 6.28. The predicted molar refractivity (Wildman–Crippen MR) is 144 cm³/mol. The van der Waals surface area contributed by atoms with Gasteiger partial charge in [-0.3, -0.25) is 0 Å². The molecular formula is C27H27N5OSe. The first-order valence-electron chi connectivity index (χ1n) is 11.2. The van der Waals surface area contributed by atoms with E-state index in [1.165, 1.54) is 5.69 Å². The number of rotatable bonds is 8. The molecule has 3 aromatic rings. The van der Waals surface area contributed by atoms with Crippen molar-refractivity contribution < 1.29 is 4.74 Å². The van der Waals surface area contributed by atoms with Crippen molar-refractivity contribution in [3.8, 4) is 5.75 Å². The SMILES string of the molecule is CCN(CC)c1ccc(N=C2[Se]/C(=N/N=C\c3ccccc3)N=C2c2ccc(OC)cc2)cc1. The van der Waals surface area contributed by atoms with Gasteiger partial charge < -0.3 is 0 Å². The molecule has 0 saturated heterocycles. The molecule has 7 heteroatoms. The van der Waals surface area contributed by atoms with Crippen molar-refractivity contribution in [3.05, 3.63) is 90.0 Å². The Bertz CT molecular complexity index is 1210. The van der Waals surface area contributed by atoms with E-state index in [9.17, 15) is 0 Å². The Morgan fingerprint density at radius 3 is 2.26 bits per heavy atom. The molecule has 0 radical (unpaired) electrons. The number of hydrogen-bond donors (Lipinski definition) is 0. The standard InChI is InChI=1S/C27H27N5OSe/c1-4-32(5-2)23-15-13-22(14-16-23)29-26-25(21-11-17-24(33-3)18-12-21)30-27(34-26)31-28-19-20-9-7-6-8-10-20/h6-19H,4-5H2,1-3H3/b28-19-,29-26?,31-27+. The van der Waals surface area contributed by atoms with Gasteiger partial charge in [-0.25, -0.2) is 0 Å². The molecule has 0 fully saturated rings. The van der Waals surface area contributed by atoms with Gasteiger partial charge in [-0.15, -0.1) is 0 Å². The summed E-state index contributed by atoms with van der Waals surface area (Å²) in [6.07, 6.45) is 1.74. The Morgan fingerprint density at radius 2 is 1.62 bits per heavy atom. The average molecular weight is 517 g/mol. The molecule has 6 nitrogen and oxygen atoms in total. The predicted octanol–water partition coefficient (Wildman–Crippen LogP) is 5.17. The van der Waals surface area contributed by atoms with Crippen LogP contribution in [-0.4, -0.2) is 56.4 Å². The zero-order valence-electron chi connectivity index (χ0n) is 19.5. The van der Waals surface area contributed by atoms with Crippen molar-refractivity contribution in [3.63, 3.8) is 0 Å². The van der Waals surface area contributed by atoms with Crippen molar-refractivity contribution in [1.29, 1.82) is 0 Å². The van der Waals surface area contributed by atoms with Crippen LogP contribution < -0.4 is 9.64 Å². The second-order valence-electron chi connectivity index (χ2n) is 7.43. The van der Waals surface area contributed by atoms with Gasteiger partial charge in [-0.1, -0.05) is 0 Å². The Morgan fingerprint density at radius 1 is 0.912 bits per heavy atom. The first-order valence-corrected chi connectivity index (χ1v) is 12.9. The second kappa shape index (κ2) is 11.5. The molecule has 1 heterocycles. The molecule has 0 N–H and O–H groups in total. The molecule has 0 bridgehead atoms. The van der Waals surface area contributed by atoms with Gasteiger partial charge in [0.25, 0.3) is 0 Å². The molecule has 1 aliphatic rings. The Kier molecular flexibility index (Phi) is 8.02. The molecule has 0 unspecified atom stereocenters. The average Bonchev–Trinajstić information content (AvgIpc) is 3.28. The maximum atomic E-state index is 5.31. The van der Waals surface area contributed by atoms with Gasteiger partial charge in [0.15, 0.2) is 0 Å². The van der Waals surface area contributed by atoms with Crippen LogP contribution in [0.15, 0.2) is 99.1 Å². The van der Waals surface area contributed by atoms with Gasteiger partial charge >= 0.3 is 207 Å². The third-order valence-electron chi connectivity index (χ3n) is 5.32. The number of methoxy groups -OCH3 is 1. The summed E-state index contributed by atoms with van der Waals surface area (Å²) in [6, 6.07) is 26.2. The normalized spacial score (nSPS) is 15.8. The van der Waals surface area contributed by atoms with Crippen LogP contribution in [0.2, 0.25) is 0 Å². The van der Waals surface area contributed by atoms with Crippen LogP contribution in [0, 0.1) is 0 Å². The summed E-state index contributed by atoms with van der Waals surface area (Å²) in [7, 11) is 1.66. The number of aliphatic imine (C=N–C) groups is 2. The number of benzene rings is 3. The van der Waals surface area contributed by atoms with Gasteiger partial charge in [0.05, 0.1) is 0 Å². The van der Waals surface area contributed by atoms with E-state index in [2.05, 4.69) is 53.2 Å². The van der Waals surface area contributed by atoms with Gasteiger partial charge in [-0.2, -0.15) is 0 Å². The third-order valence-corrected chi connectivity index (χ3v) is 7.07. The summed E-state index contributed by atoms with van der Waals surface area (Å²) in [5.41, 5.74) is 4.93. The topological polar surface area (TPSA) is 61.9 Å². The van der Waals surface area contributed by atoms with E-state index in [-0.39, 0.29) is 15.0 Å². The number of nitrogens with zero attached hydrogens (tertiary/aromatic N) is 5. The molecule has 34 heavy (non-hydrogen) atoms. The van der Waals surface area contributed by atoms with Crippen LogP contribution >= 0.6 is 0 Å². The van der Waals surface area contributed by atoms with E-state index in [1.807, 2.05) is 54.6 Å². The summed E-state index contributed by atoms with van der Waals surface area (Å²) >= 11 is -0.152. The van der Waals surface area contributed by atoms with Crippen molar-refractivity contribution in [2.75, 3.05) is 25.1 Å². The molecule has 172 valence electrons. The van der Waals surface area contributed by atoms with Crippen LogP contribution in [0.5, 0.6) is 5.75 Å². The first-order chi connectivity index (χ1) is 16.7. The van der Waals surface area contributed by atoms with E-state index < -0.39 is 0 Å². The van der Waals surface area contributed by atoms with Crippen molar-refractivity contribution in [2.45, 2.75) is 13.8 Å². The van der Waals surface area contributed by atoms with Crippen LogP contribution in [0.4, 0.5) is 11.4 Å². The number of anilines is 1. The molecule has 3 aromatic carbocycles. The summed E-state index contributed by atoms with van der Waals surface area (Å²) in [5, 5.41) is 8.65. The monoisotopic (exact) mass is 517 g/mol. The first kappa shape index (κ1) is 23.6. The van der Waals surface area contributed by atoms with E-state index in [0.717, 1.165) is 46.0 Å². The summed E-state index contributed by atoms with van der Waals surface area (Å²) in [5.74, 6) is 0.805. The molecule has 4 rings (SSSR count). The van der Waals surface area contributed by atoms with E-state index in [4.69, 9.17) is 14.7 Å². The number of amidine groups is 1. The molecule has 0 atom stereocenters. The van der Waals surface area contributed by atoms with Crippen LogP contribution in [-0.2, 0) is 0 Å². The fraction of sp³-hybridized carbons (Fsp3) is 0.185. The van der Waals surface area contributed by atoms with E-state index in [1.54, 1.807) is 13.3 Å². The van der Waals surface area contributed by atoms with Crippen LogP contribution in [0.1, 0.15) is 25.0 Å². The molecule has 0 aromatic heterocycles. The van der Waals surface area contributed by atoms with Gasteiger partial charge in [-0.05, 0) is 0 Å². The molecule has 0 aliphatic carbocycles. The van der Waals surface area contributed by atoms with Crippen molar-refractivity contribution >= 4 is 47.6 Å². The number of hydrogen-bond acceptors (Lipinski definition) is 5. The fourth-order valence-corrected chi connectivity index (χ4v) is 5.18. The third kappa shape index (κ3) is 5.87. The maximum absolute atomic E-state index is 5.31. The van der Waals surface area contributed by atoms with Gasteiger partial charge in [0.2, 0.25) is 0 Å². The van der Waals surface area contributed by atoms with Gasteiger partial charge in [0.1, 0.15) is 0 Å². The Labute approximate surface area is 207 Å². The zero-order chi connectivity index (χ0) is 23.8. The minimum absolute atomic E-state index is 0.152. The molecule has 0 spiro atoms. The summed E-state index contributed by atoms with van der Waals surface area (Å²) < 4.78 is 6.94. The van der Waals surface area contributed by atoms with Gasteiger partial charge in [0, 0.05) is 0 Å². The molecule has 0 amide bonds. The Balaban J connectivity index is 1.63.